The molecule has 0 N–H and O–H groups in total. The number of rotatable bonds is 4. The van der Waals surface area contributed by atoms with Gasteiger partial charge in [-0.25, -0.2) is 4.98 Å². The van der Waals surface area contributed by atoms with Crippen LogP contribution in [0.4, 0.5) is 0 Å². The van der Waals surface area contributed by atoms with Crippen molar-refractivity contribution < 1.29 is 4.74 Å². The Morgan fingerprint density at radius 2 is 2.00 bits per heavy atom. The number of nitrogens with zero attached hydrogens (tertiary/aromatic N) is 1. The van der Waals surface area contributed by atoms with Gasteiger partial charge in [0.2, 0.25) is 0 Å². The normalized spacial score (nSPS) is 12.5. The molecule has 0 saturated carbocycles. The van der Waals surface area contributed by atoms with Crippen molar-refractivity contribution in [3.05, 3.63) is 57.0 Å². The summed E-state index contributed by atoms with van der Waals surface area (Å²) in [6, 6.07) is 12.3. The SMILES string of the molecule is CC(Oc1ccc2cc(Br)ccc2c1)c1nc(CCl)cs1. The number of hydrogen-bond donors (Lipinski definition) is 0. The maximum absolute atomic E-state index is 5.99. The number of aromatic nitrogens is 1. The number of halogens is 2. The Balaban J connectivity index is 1.82. The van der Waals surface area contributed by atoms with Crippen molar-refractivity contribution in [3.63, 3.8) is 0 Å². The summed E-state index contributed by atoms with van der Waals surface area (Å²) in [7, 11) is 0. The molecule has 3 aromatic rings. The molecule has 1 aromatic heterocycles. The second-order valence-electron chi connectivity index (χ2n) is 4.72. The Hall–Kier alpha value is -1.10. The second-order valence-corrected chi connectivity index (χ2v) is 6.80. The van der Waals surface area contributed by atoms with Gasteiger partial charge in [0.25, 0.3) is 0 Å². The summed E-state index contributed by atoms with van der Waals surface area (Å²) in [5.74, 6) is 1.29. The van der Waals surface area contributed by atoms with E-state index in [0.29, 0.717) is 5.88 Å². The second kappa shape index (κ2) is 6.34. The highest BCUT2D eigenvalue weighted by atomic mass is 79.9. The zero-order valence-electron chi connectivity index (χ0n) is 11.3. The smallest absolute Gasteiger partial charge is 0.147 e. The van der Waals surface area contributed by atoms with Gasteiger partial charge < -0.3 is 4.74 Å². The average molecular weight is 383 g/mol. The number of thiazole rings is 1. The van der Waals surface area contributed by atoms with Crippen LogP contribution < -0.4 is 4.74 Å². The van der Waals surface area contributed by atoms with E-state index in [2.05, 4.69) is 39.1 Å². The Morgan fingerprint density at radius 1 is 1.24 bits per heavy atom. The molecule has 1 heterocycles. The largest absolute Gasteiger partial charge is 0.484 e. The highest BCUT2D eigenvalue weighted by molar-refractivity contribution is 9.10. The van der Waals surface area contributed by atoms with Crippen LogP contribution in [0, 0.1) is 0 Å². The van der Waals surface area contributed by atoms with Crippen molar-refractivity contribution in [2.75, 3.05) is 0 Å². The van der Waals surface area contributed by atoms with E-state index in [1.807, 2.05) is 30.5 Å². The van der Waals surface area contributed by atoms with E-state index in [-0.39, 0.29) is 6.10 Å². The van der Waals surface area contributed by atoms with E-state index in [1.165, 1.54) is 5.39 Å². The molecule has 0 aliphatic carbocycles. The molecule has 21 heavy (non-hydrogen) atoms. The molecule has 0 aliphatic rings. The number of fused-ring (bicyclic) bond motifs is 1. The minimum atomic E-state index is -0.0835. The van der Waals surface area contributed by atoms with Crippen LogP contribution in [0.3, 0.4) is 0 Å². The Labute approximate surface area is 140 Å². The minimum absolute atomic E-state index is 0.0835. The van der Waals surface area contributed by atoms with E-state index in [4.69, 9.17) is 16.3 Å². The van der Waals surface area contributed by atoms with Crippen LogP contribution in [0.1, 0.15) is 23.7 Å². The van der Waals surface area contributed by atoms with Crippen LogP contribution in [-0.4, -0.2) is 4.98 Å². The summed E-state index contributed by atoms with van der Waals surface area (Å²) in [5, 5.41) is 5.26. The first kappa shape index (κ1) is 14.8. The van der Waals surface area contributed by atoms with Crippen LogP contribution in [-0.2, 0) is 5.88 Å². The molecule has 0 aliphatic heterocycles. The summed E-state index contributed by atoms with van der Waals surface area (Å²) >= 11 is 10.8. The highest BCUT2D eigenvalue weighted by Crippen LogP contribution is 2.28. The molecule has 0 fully saturated rings. The molecular formula is C16H13BrClNOS. The van der Waals surface area contributed by atoms with Crippen LogP contribution in [0.5, 0.6) is 5.75 Å². The summed E-state index contributed by atoms with van der Waals surface area (Å²) in [6.07, 6.45) is -0.0835. The molecule has 0 saturated heterocycles. The standard InChI is InChI=1S/C16H13BrClNOS/c1-10(16-19-14(8-18)9-21-16)20-15-5-3-11-6-13(17)4-2-12(11)7-15/h2-7,9-10H,8H2,1H3. The van der Waals surface area contributed by atoms with Gasteiger partial charge >= 0.3 is 0 Å². The van der Waals surface area contributed by atoms with Gasteiger partial charge in [0, 0.05) is 9.85 Å². The highest BCUT2D eigenvalue weighted by Gasteiger charge is 2.12. The van der Waals surface area contributed by atoms with Crippen LogP contribution in [0.25, 0.3) is 10.8 Å². The molecule has 3 rings (SSSR count). The van der Waals surface area contributed by atoms with Gasteiger partial charge in [0.05, 0.1) is 11.6 Å². The van der Waals surface area contributed by atoms with Crippen LogP contribution >= 0.6 is 38.9 Å². The molecule has 1 unspecified atom stereocenters. The average Bonchev–Trinajstić information content (AvgIpc) is 2.96. The molecule has 108 valence electrons. The van der Waals surface area contributed by atoms with Crippen LogP contribution in [0.15, 0.2) is 46.3 Å². The van der Waals surface area contributed by atoms with Crippen molar-refractivity contribution in [1.29, 1.82) is 0 Å². The van der Waals surface area contributed by atoms with E-state index in [9.17, 15) is 0 Å². The van der Waals surface area contributed by atoms with Gasteiger partial charge in [-0.15, -0.1) is 22.9 Å². The first-order chi connectivity index (χ1) is 10.2. The summed E-state index contributed by atoms with van der Waals surface area (Å²) in [6.45, 7) is 2.00. The van der Waals surface area contributed by atoms with Gasteiger partial charge in [0.15, 0.2) is 0 Å². The lowest BCUT2D eigenvalue weighted by molar-refractivity contribution is 0.226. The quantitative estimate of drug-likeness (QED) is 0.521. The van der Waals surface area contributed by atoms with E-state index >= 15 is 0 Å². The molecule has 2 nitrogen and oxygen atoms in total. The van der Waals surface area contributed by atoms with Gasteiger partial charge in [0.1, 0.15) is 16.9 Å². The van der Waals surface area contributed by atoms with Crippen molar-refractivity contribution in [2.45, 2.75) is 18.9 Å². The molecule has 2 aromatic carbocycles. The number of hydrogen-bond acceptors (Lipinski definition) is 3. The van der Waals surface area contributed by atoms with Crippen molar-refractivity contribution in [2.24, 2.45) is 0 Å². The maximum atomic E-state index is 5.99. The lowest BCUT2D eigenvalue weighted by atomic mass is 10.1. The van der Waals surface area contributed by atoms with Crippen molar-refractivity contribution >= 4 is 49.6 Å². The first-order valence-corrected chi connectivity index (χ1v) is 8.72. The van der Waals surface area contributed by atoms with E-state index < -0.39 is 0 Å². The van der Waals surface area contributed by atoms with E-state index in [0.717, 1.165) is 26.3 Å². The van der Waals surface area contributed by atoms with Gasteiger partial charge in [-0.1, -0.05) is 28.1 Å². The Bertz CT molecular complexity index is 774. The van der Waals surface area contributed by atoms with E-state index in [1.54, 1.807) is 11.3 Å². The number of alkyl halides is 1. The fraction of sp³-hybridized carbons (Fsp3) is 0.188. The topological polar surface area (TPSA) is 22.1 Å². The molecule has 5 heteroatoms. The molecule has 0 radical (unpaired) electrons. The molecular weight excluding hydrogens is 370 g/mol. The fourth-order valence-electron chi connectivity index (χ4n) is 2.09. The molecule has 1 atom stereocenters. The predicted molar refractivity (Wildman–Crippen MR) is 92.4 cm³/mol. The zero-order chi connectivity index (χ0) is 14.8. The minimum Gasteiger partial charge on any atom is -0.484 e. The zero-order valence-corrected chi connectivity index (χ0v) is 14.5. The summed E-state index contributed by atoms with van der Waals surface area (Å²) in [5.41, 5.74) is 0.899. The predicted octanol–water partition coefficient (Wildman–Crippen LogP) is 5.94. The molecule has 0 spiro atoms. The van der Waals surface area contributed by atoms with Crippen LogP contribution in [0.2, 0.25) is 0 Å². The van der Waals surface area contributed by atoms with Gasteiger partial charge in [-0.3, -0.25) is 0 Å². The number of benzene rings is 2. The number of ether oxygens (including phenoxy) is 1. The van der Waals surface area contributed by atoms with Gasteiger partial charge in [-0.05, 0) is 42.0 Å². The van der Waals surface area contributed by atoms with Crippen molar-refractivity contribution in [3.8, 4) is 5.75 Å². The maximum Gasteiger partial charge on any atom is 0.147 e. The third kappa shape index (κ3) is 3.39. The van der Waals surface area contributed by atoms with Gasteiger partial charge in [-0.2, -0.15) is 0 Å². The lowest BCUT2D eigenvalue weighted by Gasteiger charge is -2.13. The molecule has 0 amide bonds. The third-order valence-corrected chi connectivity index (χ3v) is 4.96. The Kier molecular flexibility index (Phi) is 4.48. The Morgan fingerprint density at radius 3 is 2.76 bits per heavy atom. The lowest BCUT2D eigenvalue weighted by Crippen LogP contribution is -2.02. The fourth-order valence-corrected chi connectivity index (χ4v) is 3.50. The monoisotopic (exact) mass is 381 g/mol. The summed E-state index contributed by atoms with van der Waals surface area (Å²) in [4.78, 5) is 4.45. The first-order valence-electron chi connectivity index (χ1n) is 6.52. The summed E-state index contributed by atoms with van der Waals surface area (Å²) < 4.78 is 7.07. The third-order valence-electron chi connectivity index (χ3n) is 3.14. The van der Waals surface area contributed by atoms with Crippen molar-refractivity contribution in [1.82, 2.24) is 4.98 Å². The molecule has 0 bridgehead atoms.